The molecule has 4 aliphatic heterocycles. The molecule has 1 amide bonds. The van der Waals surface area contributed by atoms with Crippen molar-refractivity contribution in [3.05, 3.63) is 42.1 Å². The molecule has 44 heavy (non-hydrogen) atoms. The highest BCUT2D eigenvalue weighted by molar-refractivity contribution is 5.97. The first-order valence-corrected chi connectivity index (χ1v) is 17.0. The zero-order valence-corrected chi connectivity index (χ0v) is 26.8. The first-order chi connectivity index (χ1) is 21.2. The van der Waals surface area contributed by atoms with Crippen LogP contribution in [0.1, 0.15) is 89.4 Å². The second kappa shape index (κ2) is 11.9. The summed E-state index contributed by atoms with van der Waals surface area (Å²) in [5.41, 5.74) is 0.506. The fourth-order valence-corrected chi connectivity index (χ4v) is 8.81. The van der Waals surface area contributed by atoms with Crippen LogP contribution in [0.5, 0.6) is 11.5 Å². The molecule has 238 valence electrons. The Labute approximate surface area is 261 Å². The highest BCUT2D eigenvalue weighted by Gasteiger charge is 2.50. The van der Waals surface area contributed by atoms with Crippen LogP contribution in [0.25, 0.3) is 0 Å². The number of carbonyl (C=O) groups is 1. The Morgan fingerprint density at radius 1 is 1.09 bits per heavy atom. The summed E-state index contributed by atoms with van der Waals surface area (Å²) in [5, 5.41) is 4.10. The number of benzene rings is 1. The number of halogens is 1. The van der Waals surface area contributed by atoms with Gasteiger partial charge in [-0.05, 0) is 102 Å². The number of carbonyl (C=O) groups excluding carboxylic acids is 1. The van der Waals surface area contributed by atoms with E-state index < -0.39 is 5.82 Å². The lowest BCUT2D eigenvalue weighted by Gasteiger charge is -2.58. The highest BCUT2D eigenvalue weighted by atomic mass is 19.1. The maximum absolute atomic E-state index is 14.4. The lowest BCUT2D eigenvalue weighted by atomic mass is 9.68. The van der Waals surface area contributed by atoms with Gasteiger partial charge in [0, 0.05) is 49.7 Å². The molecular formula is C35H49FN6O2. The zero-order chi connectivity index (χ0) is 30.6. The van der Waals surface area contributed by atoms with E-state index in [1.54, 1.807) is 17.4 Å². The van der Waals surface area contributed by atoms with Gasteiger partial charge in [-0.2, -0.15) is 0 Å². The quantitative estimate of drug-likeness (QED) is 0.372. The lowest BCUT2D eigenvalue weighted by Crippen LogP contribution is -2.67. The summed E-state index contributed by atoms with van der Waals surface area (Å²) in [6, 6.07) is 4.79. The molecule has 1 aromatic carbocycles. The summed E-state index contributed by atoms with van der Waals surface area (Å²) >= 11 is 0. The fraction of sp³-hybridized carbons (Fsp3) is 0.686. The molecule has 1 N–H and O–H groups in total. The fourth-order valence-electron chi connectivity index (χ4n) is 8.81. The Hall–Kier alpha value is -2.78. The van der Waals surface area contributed by atoms with Crippen LogP contribution in [-0.2, 0) is 0 Å². The van der Waals surface area contributed by atoms with E-state index in [0.717, 1.165) is 55.8 Å². The zero-order valence-electron chi connectivity index (χ0n) is 26.8. The van der Waals surface area contributed by atoms with Crippen molar-refractivity contribution in [2.45, 2.75) is 103 Å². The Kier molecular flexibility index (Phi) is 8.06. The first kappa shape index (κ1) is 29.9. The molecule has 1 spiro atoms. The molecule has 1 unspecified atom stereocenters. The van der Waals surface area contributed by atoms with Crippen molar-refractivity contribution in [3.8, 4) is 11.5 Å². The van der Waals surface area contributed by atoms with Gasteiger partial charge in [0.2, 0.25) is 0 Å². The standard InChI is InChI=1S/C35H49FN6O2/c1-22(2)42(23(3)4)34(43)28-17-27(36)8-10-30(28)44-31-18-37-21-38-33(31)41-19-35(20-41)11-13-40(14-12-35)32-25-7-9-29(39-32)26(16-25)15-24-5-6-24/h8,10,17-18,21-26,29,32,39H,5-7,9,11-16,19-20H2,1-4H3/t25-,26-,29?,32-/m1/s1. The maximum atomic E-state index is 14.4. The van der Waals surface area contributed by atoms with Gasteiger partial charge in [-0.1, -0.05) is 12.8 Å². The van der Waals surface area contributed by atoms with Crippen LogP contribution in [0.15, 0.2) is 30.7 Å². The number of nitrogens with zero attached hydrogens (tertiary/aromatic N) is 5. The van der Waals surface area contributed by atoms with Gasteiger partial charge in [-0.25, -0.2) is 14.4 Å². The number of hydrogen-bond donors (Lipinski definition) is 1. The smallest absolute Gasteiger partial charge is 0.258 e. The normalized spacial score (nSPS) is 28.0. The minimum Gasteiger partial charge on any atom is -0.451 e. The lowest BCUT2D eigenvalue weighted by molar-refractivity contribution is -0.0387. The number of rotatable bonds is 9. The Morgan fingerprint density at radius 2 is 1.84 bits per heavy atom. The Morgan fingerprint density at radius 3 is 2.50 bits per heavy atom. The van der Waals surface area contributed by atoms with Crippen molar-refractivity contribution < 1.29 is 13.9 Å². The summed E-state index contributed by atoms with van der Waals surface area (Å²) in [7, 11) is 0. The molecule has 1 aromatic heterocycles. The number of amides is 1. The average molecular weight is 605 g/mol. The van der Waals surface area contributed by atoms with E-state index in [4.69, 9.17) is 4.74 Å². The third-order valence-electron chi connectivity index (χ3n) is 11.2. The van der Waals surface area contributed by atoms with Gasteiger partial charge in [-0.15, -0.1) is 0 Å². The predicted octanol–water partition coefficient (Wildman–Crippen LogP) is 6.08. The van der Waals surface area contributed by atoms with Gasteiger partial charge in [0.15, 0.2) is 11.6 Å². The van der Waals surface area contributed by atoms with Crippen LogP contribution in [0.4, 0.5) is 10.2 Å². The SMILES string of the molecule is CC(C)N(C(=O)c1cc(F)ccc1Oc1cncnc1N1CC2(CCN([C@H]3NC4CC[C@@H]3C[C@H]4CC3CC3)CC2)C1)C(C)C. The van der Waals surface area contributed by atoms with E-state index >= 15 is 0 Å². The molecule has 5 heterocycles. The number of nitrogens with one attached hydrogen (secondary N) is 1. The van der Waals surface area contributed by atoms with Crippen molar-refractivity contribution >= 4 is 11.7 Å². The van der Waals surface area contributed by atoms with Gasteiger partial charge in [-0.3, -0.25) is 15.0 Å². The second-order valence-corrected chi connectivity index (χ2v) is 15.0. The number of likely N-dealkylation sites (tertiary alicyclic amines) is 1. The Bertz CT molecular complexity index is 1340. The van der Waals surface area contributed by atoms with Crippen molar-refractivity contribution in [2.75, 3.05) is 31.1 Å². The van der Waals surface area contributed by atoms with E-state index in [1.165, 1.54) is 69.6 Å². The van der Waals surface area contributed by atoms with Crippen LogP contribution in [-0.4, -0.2) is 76.1 Å². The molecule has 2 aliphatic carbocycles. The van der Waals surface area contributed by atoms with Gasteiger partial charge >= 0.3 is 0 Å². The summed E-state index contributed by atoms with van der Waals surface area (Å²) in [4.78, 5) is 29.2. The van der Waals surface area contributed by atoms with E-state index in [2.05, 4.69) is 25.1 Å². The molecule has 2 bridgehead atoms. The van der Waals surface area contributed by atoms with Crippen LogP contribution in [0, 0.1) is 29.0 Å². The molecule has 6 fully saturated rings. The van der Waals surface area contributed by atoms with Crippen LogP contribution in [0.3, 0.4) is 0 Å². The van der Waals surface area contributed by atoms with Crippen molar-refractivity contribution in [2.24, 2.45) is 23.2 Å². The summed E-state index contributed by atoms with van der Waals surface area (Å²) in [6.07, 6.45) is 14.7. The van der Waals surface area contributed by atoms with Crippen molar-refractivity contribution in [3.63, 3.8) is 0 Å². The largest absolute Gasteiger partial charge is 0.451 e. The Balaban J connectivity index is 0.993. The van der Waals surface area contributed by atoms with E-state index in [-0.39, 0.29) is 23.6 Å². The maximum Gasteiger partial charge on any atom is 0.258 e. The topological polar surface area (TPSA) is 73.8 Å². The van der Waals surface area contributed by atoms with Crippen LogP contribution < -0.4 is 15.0 Å². The summed E-state index contributed by atoms with van der Waals surface area (Å²) < 4.78 is 20.7. The second-order valence-electron chi connectivity index (χ2n) is 15.0. The van der Waals surface area contributed by atoms with E-state index in [1.807, 2.05) is 27.7 Å². The minimum absolute atomic E-state index is 0.0359. The molecule has 2 saturated carbocycles. The molecular weight excluding hydrogens is 555 g/mol. The van der Waals surface area contributed by atoms with Crippen molar-refractivity contribution in [1.29, 1.82) is 0 Å². The van der Waals surface area contributed by atoms with E-state index in [9.17, 15) is 9.18 Å². The predicted molar refractivity (Wildman–Crippen MR) is 169 cm³/mol. The summed E-state index contributed by atoms with van der Waals surface area (Å²) in [6.45, 7) is 12.0. The average Bonchev–Trinajstić information content (AvgIpc) is 3.81. The molecule has 8 nitrogen and oxygen atoms in total. The minimum atomic E-state index is -0.469. The van der Waals surface area contributed by atoms with Gasteiger partial charge in [0.25, 0.3) is 5.91 Å². The number of fused-ring (bicyclic) bond motifs is 3. The van der Waals surface area contributed by atoms with Crippen molar-refractivity contribution in [1.82, 2.24) is 25.1 Å². The molecule has 4 atom stereocenters. The van der Waals surface area contributed by atoms with Gasteiger partial charge in [0.1, 0.15) is 17.9 Å². The number of anilines is 1. The molecule has 2 aromatic rings. The van der Waals surface area contributed by atoms with Crippen LogP contribution >= 0.6 is 0 Å². The summed E-state index contributed by atoms with van der Waals surface area (Å²) in [5.74, 6) is 3.56. The monoisotopic (exact) mass is 604 g/mol. The molecule has 0 radical (unpaired) electrons. The molecule has 8 rings (SSSR count). The molecule has 6 aliphatic rings. The third-order valence-corrected chi connectivity index (χ3v) is 11.2. The number of piperidine rings is 3. The van der Waals surface area contributed by atoms with Gasteiger partial charge in [0.05, 0.1) is 17.9 Å². The van der Waals surface area contributed by atoms with Gasteiger partial charge < -0.3 is 14.5 Å². The molecule has 4 saturated heterocycles. The number of aromatic nitrogens is 2. The first-order valence-electron chi connectivity index (χ1n) is 17.0. The van der Waals surface area contributed by atoms with E-state index in [0.29, 0.717) is 23.1 Å². The highest BCUT2D eigenvalue weighted by Crippen LogP contribution is 2.48. The molecule has 9 heteroatoms. The number of hydrogen-bond acceptors (Lipinski definition) is 7. The number of ether oxygens (including phenoxy) is 1. The van der Waals surface area contributed by atoms with Crippen LogP contribution in [0.2, 0.25) is 0 Å². The third kappa shape index (κ3) is 5.82.